The average Bonchev–Trinajstić information content (AvgIpc) is 2.49. The molecule has 0 aromatic rings. The Labute approximate surface area is 93.8 Å². The van der Waals surface area contributed by atoms with E-state index in [4.69, 9.17) is 0 Å². The molecule has 0 aromatic heterocycles. The maximum absolute atomic E-state index is 2.64. The van der Waals surface area contributed by atoms with Crippen LogP contribution in [0.25, 0.3) is 0 Å². The molecule has 5 rings (SSSR count). The third-order valence-electron chi connectivity index (χ3n) is 7.58. The van der Waals surface area contributed by atoms with Crippen molar-refractivity contribution >= 4 is 0 Å². The number of rotatable bonds is 0. The van der Waals surface area contributed by atoms with E-state index in [-0.39, 0.29) is 0 Å². The van der Waals surface area contributed by atoms with Gasteiger partial charge >= 0.3 is 0 Å². The lowest BCUT2D eigenvalue weighted by molar-refractivity contribution is 0.127. The zero-order valence-electron chi connectivity index (χ0n) is 10.6. The predicted molar refractivity (Wildman–Crippen MR) is 62.4 cm³/mol. The monoisotopic (exact) mass is 204 g/mol. The van der Waals surface area contributed by atoms with Crippen LogP contribution in [0.3, 0.4) is 0 Å². The lowest BCUT2D eigenvalue weighted by atomic mass is 9.69. The van der Waals surface area contributed by atoms with Gasteiger partial charge in [0.1, 0.15) is 0 Å². The molecule has 0 amide bonds. The second-order valence-electron chi connectivity index (χ2n) is 8.04. The number of hydrogen-bond acceptors (Lipinski definition) is 0. The van der Waals surface area contributed by atoms with Crippen LogP contribution in [-0.4, -0.2) is 0 Å². The fourth-order valence-corrected chi connectivity index (χ4v) is 6.75. The molecule has 5 saturated carbocycles. The van der Waals surface area contributed by atoms with Crippen molar-refractivity contribution in [2.75, 3.05) is 0 Å². The summed E-state index contributed by atoms with van der Waals surface area (Å²) in [5.74, 6) is 4.44. The van der Waals surface area contributed by atoms with E-state index in [1.54, 1.807) is 6.42 Å². The molecular formula is C15H24. The molecule has 0 aromatic carbocycles. The van der Waals surface area contributed by atoms with Crippen LogP contribution < -0.4 is 0 Å². The fourth-order valence-electron chi connectivity index (χ4n) is 6.75. The lowest BCUT2D eigenvalue weighted by Gasteiger charge is -2.35. The Morgan fingerprint density at radius 3 is 2.27 bits per heavy atom. The first-order valence-electron chi connectivity index (χ1n) is 6.93. The van der Waals surface area contributed by atoms with Gasteiger partial charge in [0.25, 0.3) is 0 Å². The Bertz CT molecular complexity index is 342. The molecule has 0 nitrogen and oxygen atoms in total. The Morgan fingerprint density at radius 1 is 0.867 bits per heavy atom. The molecule has 5 aliphatic carbocycles. The van der Waals surface area contributed by atoms with Gasteiger partial charge in [-0.25, -0.2) is 0 Å². The molecule has 0 heteroatoms. The summed E-state index contributed by atoms with van der Waals surface area (Å²) in [7, 11) is 0. The van der Waals surface area contributed by atoms with Crippen molar-refractivity contribution in [1.82, 2.24) is 0 Å². The molecule has 84 valence electrons. The fraction of sp³-hybridized carbons (Fsp3) is 1.00. The van der Waals surface area contributed by atoms with E-state index in [9.17, 15) is 0 Å². The molecule has 6 atom stereocenters. The maximum Gasteiger partial charge on any atom is -0.0204 e. The Balaban J connectivity index is 1.89. The summed E-state index contributed by atoms with van der Waals surface area (Å²) < 4.78 is 0. The van der Waals surface area contributed by atoms with E-state index in [0.29, 0.717) is 5.41 Å². The summed E-state index contributed by atoms with van der Waals surface area (Å²) in [4.78, 5) is 0. The summed E-state index contributed by atoms with van der Waals surface area (Å²) in [5.41, 5.74) is 2.16. The molecule has 0 saturated heterocycles. The zero-order chi connectivity index (χ0) is 10.6. The largest absolute Gasteiger partial charge is 0.0596 e. The van der Waals surface area contributed by atoms with Gasteiger partial charge in [0.05, 0.1) is 0 Å². The Hall–Kier alpha value is 0. The van der Waals surface area contributed by atoms with Crippen LogP contribution in [0.4, 0.5) is 0 Å². The van der Waals surface area contributed by atoms with E-state index in [1.165, 1.54) is 19.3 Å². The second kappa shape index (κ2) is 2.05. The SMILES string of the molecule is CC1(C)CCC[C@]2(C)[C@H]3C[C@@H]4[C@H]([C@@H]31)[C@@]42C. The van der Waals surface area contributed by atoms with Gasteiger partial charge in [-0.1, -0.05) is 34.1 Å². The van der Waals surface area contributed by atoms with Gasteiger partial charge in [-0.3, -0.25) is 0 Å². The standard InChI is InChI=1S/C15H24/c1-13(2)6-5-7-14(3)9-8-10-12(11(9)13)15(10,14)4/h9-12H,5-8H2,1-4H3/t9-,10+,11+,12+,14+,15+/m0/s1. The van der Waals surface area contributed by atoms with Crippen LogP contribution in [-0.2, 0) is 0 Å². The highest BCUT2D eigenvalue weighted by molar-refractivity contribution is 5.33. The molecule has 0 heterocycles. The number of hydrogen-bond donors (Lipinski definition) is 0. The summed E-state index contributed by atoms with van der Waals surface area (Å²) >= 11 is 0. The molecule has 0 unspecified atom stereocenters. The van der Waals surface area contributed by atoms with Gasteiger partial charge < -0.3 is 0 Å². The zero-order valence-corrected chi connectivity index (χ0v) is 10.6. The van der Waals surface area contributed by atoms with Crippen LogP contribution in [0.2, 0.25) is 0 Å². The van der Waals surface area contributed by atoms with Crippen LogP contribution in [0.15, 0.2) is 0 Å². The Kier molecular flexibility index (Phi) is 1.24. The molecule has 5 fully saturated rings. The van der Waals surface area contributed by atoms with Crippen LogP contribution in [0, 0.1) is 39.9 Å². The van der Waals surface area contributed by atoms with E-state index < -0.39 is 0 Å². The molecule has 0 N–H and O–H groups in total. The summed E-state index contributed by atoms with van der Waals surface area (Å²) in [5, 5.41) is 0. The van der Waals surface area contributed by atoms with E-state index in [2.05, 4.69) is 27.7 Å². The van der Waals surface area contributed by atoms with Crippen molar-refractivity contribution in [2.45, 2.75) is 53.4 Å². The van der Waals surface area contributed by atoms with Crippen LogP contribution >= 0.6 is 0 Å². The molecule has 15 heavy (non-hydrogen) atoms. The molecule has 5 aliphatic rings. The average molecular weight is 204 g/mol. The molecule has 0 aliphatic heterocycles. The smallest absolute Gasteiger partial charge is 0.0204 e. The third kappa shape index (κ3) is 0.666. The predicted octanol–water partition coefficient (Wildman–Crippen LogP) is 4.10. The Morgan fingerprint density at radius 2 is 1.60 bits per heavy atom. The van der Waals surface area contributed by atoms with Crippen molar-refractivity contribution in [2.24, 2.45) is 39.9 Å². The first-order valence-corrected chi connectivity index (χ1v) is 6.93. The van der Waals surface area contributed by atoms with Gasteiger partial charge in [-0.15, -0.1) is 0 Å². The van der Waals surface area contributed by atoms with Gasteiger partial charge in [-0.05, 0) is 59.2 Å². The van der Waals surface area contributed by atoms with Gasteiger partial charge in [0.2, 0.25) is 0 Å². The molecule has 0 radical (unpaired) electrons. The van der Waals surface area contributed by atoms with E-state index >= 15 is 0 Å². The van der Waals surface area contributed by atoms with Crippen molar-refractivity contribution in [3.63, 3.8) is 0 Å². The summed E-state index contributed by atoms with van der Waals surface area (Å²) in [6, 6.07) is 0. The maximum atomic E-state index is 2.64. The second-order valence-corrected chi connectivity index (χ2v) is 8.04. The highest BCUT2D eigenvalue weighted by Crippen LogP contribution is 2.91. The van der Waals surface area contributed by atoms with E-state index in [1.807, 2.05) is 0 Å². The minimum atomic E-state index is 0.649. The van der Waals surface area contributed by atoms with Crippen molar-refractivity contribution in [1.29, 1.82) is 0 Å². The summed E-state index contributed by atoms with van der Waals surface area (Å²) in [6.07, 6.45) is 6.10. The first-order chi connectivity index (χ1) is 6.93. The molecule has 6 bridgehead atoms. The van der Waals surface area contributed by atoms with Crippen LogP contribution in [0.1, 0.15) is 53.4 Å². The molecule has 0 spiro atoms. The van der Waals surface area contributed by atoms with Gasteiger partial charge in [0.15, 0.2) is 0 Å². The van der Waals surface area contributed by atoms with Gasteiger partial charge in [-0.2, -0.15) is 0 Å². The van der Waals surface area contributed by atoms with E-state index in [0.717, 1.165) is 34.5 Å². The highest BCUT2D eigenvalue weighted by Gasteiger charge is 2.86. The van der Waals surface area contributed by atoms with Gasteiger partial charge in [0, 0.05) is 0 Å². The van der Waals surface area contributed by atoms with Crippen molar-refractivity contribution in [3.8, 4) is 0 Å². The normalized spacial score (nSPS) is 68.0. The summed E-state index contributed by atoms with van der Waals surface area (Å²) in [6.45, 7) is 10.4. The lowest BCUT2D eigenvalue weighted by Crippen LogP contribution is -2.29. The van der Waals surface area contributed by atoms with Crippen molar-refractivity contribution in [3.05, 3.63) is 0 Å². The minimum Gasteiger partial charge on any atom is -0.0596 e. The van der Waals surface area contributed by atoms with Crippen LogP contribution in [0.5, 0.6) is 0 Å². The molecular weight excluding hydrogens is 180 g/mol. The van der Waals surface area contributed by atoms with Crippen molar-refractivity contribution < 1.29 is 0 Å². The first kappa shape index (κ1) is 9.07. The quantitative estimate of drug-likeness (QED) is 0.557. The minimum absolute atomic E-state index is 0.649. The highest BCUT2D eigenvalue weighted by atomic mass is 14.9. The third-order valence-corrected chi connectivity index (χ3v) is 7.58. The topological polar surface area (TPSA) is 0 Å².